The molecule has 0 fully saturated rings. The van der Waals surface area contributed by atoms with E-state index in [9.17, 15) is 14.7 Å². The molecule has 12 nitrogen and oxygen atoms in total. The van der Waals surface area contributed by atoms with Gasteiger partial charge in [-0.1, -0.05) is 45.9 Å². The van der Waals surface area contributed by atoms with Crippen LogP contribution in [0.15, 0.2) is 97.9 Å². The number of thiazole rings is 1. The Morgan fingerprint density at radius 2 is 1.09 bits per heavy atom. The van der Waals surface area contributed by atoms with Gasteiger partial charge in [0.15, 0.2) is 5.13 Å². The number of aliphatic hydroxyl groups is 1. The van der Waals surface area contributed by atoms with Crippen LogP contribution in [0.5, 0.6) is 0 Å². The standard InChI is InChI=1S/C16H18N4OS.C13H16N2O2.C11H14N2O.C2H4/c1-16(2,9-14(21)19-15-17-6-7-22-15)12-4-5-13-11(8-12)10-18-20(13)3;1-13(2,7-12(16)17)10-4-5-11-9(6-10)8-14-15(11)3;1-11(2,14)9-4-5-10-8(6-9)7-12-13(10)3;1-2/h4-8,10H,9H2,1-3H3,(H,17,19,21);4-6,8H,7H2,1-3H3,(H,16,17);4-7,14H,1-3H3;1-2H2. The lowest BCUT2D eigenvalue weighted by Crippen LogP contribution is -2.25. The van der Waals surface area contributed by atoms with Gasteiger partial charge in [-0.2, -0.15) is 15.3 Å². The SMILES string of the molecule is C=C.Cn1ncc2cc(C(C)(C)CC(=O)Nc3nccs3)ccc21.Cn1ncc2cc(C(C)(C)CC(=O)O)ccc21.Cn1ncc2cc(C(C)(C)O)ccc21. The number of hydrogen-bond donors (Lipinski definition) is 3. The number of carboxylic acids is 1. The number of carboxylic acid groups (broad SMARTS) is 1. The number of benzene rings is 3. The third-order valence-corrected chi connectivity index (χ3v) is 10.1. The van der Waals surface area contributed by atoms with Crippen molar-refractivity contribution in [2.75, 3.05) is 5.32 Å². The van der Waals surface area contributed by atoms with Crippen molar-refractivity contribution in [2.24, 2.45) is 21.1 Å². The summed E-state index contributed by atoms with van der Waals surface area (Å²) in [5, 5.41) is 39.9. The van der Waals surface area contributed by atoms with Crippen LogP contribution in [0.3, 0.4) is 0 Å². The third-order valence-electron chi connectivity index (χ3n) is 9.38. The van der Waals surface area contributed by atoms with E-state index in [2.05, 4.69) is 70.8 Å². The van der Waals surface area contributed by atoms with Crippen molar-refractivity contribution in [1.29, 1.82) is 0 Å². The molecule has 55 heavy (non-hydrogen) atoms. The van der Waals surface area contributed by atoms with E-state index in [0.29, 0.717) is 11.6 Å². The van der Waals surface area contributed by atoms with Crippen LogP contribution < -0.4 is 5.32 Å². The summed E-state index contributed by atoms with van der Waals surface area (Å²) in [6.45, 7) is 17.6. The van der Waals surface area contributed by atoms with Crippen LogP contribution in [0.2, 0.25) is 0 Å². The number of hydrogen-bond acceptors (Lipinski definition) is 8. The van der Waals surface area contributed by atoms with Gasteiger partial charge in [0.05, 0.1) is 47.2 Å². The lowest BCUT2D eigenvalue weighted by molar-refractivity contribution is -0.138. The lowest BCUT2D eigenvalue weighted by atomic mass is 9.81. The van der Waals surface area contributed by atoms with E-state index in [4.69, 9.17) is 5.11 Å². The van der Waals surface area contributed by atoms with Crippen LogP contribution in [-0.4, -0.2) is 56.4 Å². The Balaban J connectivity index is 0.000000184. The summed E-state index contributed by atoms with van der Waals surface area (Å²) in [5.41, 5.74) is 4.89. The van der Waals surface area contributed by atoms with E-state index in [1.54, 1.807) is 26.2 Å². The first kappa shape index (κ1) is 42.1. The second kappa shape index (κ2) is 17.2. The molecular formula is C42H52N8O4S. The number of nitrogens with one attached hydrogen (secondary N) is 1. The molecule has 0 radical (unpaired) electrons. The van der Waals surface area contributed by atoms with Gasteiger partial charge in [-0.25, -0.2) is 4.98 Å². The van der Waals surface area contributed by atoms with Gasteiger partial charge >= 0.3 is 5.97 Å². The fourth-order valence-electron chi connectivity index (χ4n) is 6.15. The largest absolute Gasteiger partial charge is 0.481 e. The highest BCUT2D eigenvalue weighted by Crippen LogP contribution is 2.31. The molecular weight excluding hydrogens is 713 g/mol. The van der Waals surface area contributed by atoms with Gasteiger partial charge in [0.2, 0.25) is 5.91 Å². The first-order valence-corrected chi connectivity index (χ1v) is 18.6. The number of aromatic nitrogens is 7. The summed E-state index contributed by atoms with van der Waals surface area (Å²) in [6.07, 6.45) is 7.67. The fraction of sp³-hybridized carbons (Fsp3) is 0.333. The number of rotatable bonds is 8. The van der Waals surface area contributed by atoms with Gasteiger partial charge in [-0.05, 0) is 72.4 Å². The van der Waals surface area contributed by atoms with E-state index in [-0.39, 0.29) is 23.2 Å². The Bertz CT molecular complexity index is 2380. The number of carbonyl (C=O) groups is 2. The summed E-state index contributed by atoms with van der Waals surface area (Å²) in [4.78, 5) is 27.1. The minimum absolute atomic E-state index is 0.0220. The van der Waals surface area contributed by atoms with Gasteiger partial charge < -0.3 is 15.5 Å². The third kappa shape index (κ3) is 10.5. The van der Waals surface area contributed by atoms with Crippen LogP contribution in [0.25, 0.3) is 32.7 Å². The normalized spacial score (nSPS) is 11.6. The number of amides is 1. The molecule has 0 bridgehead atoms. The lowest BCUT2D eigenvalue weighted by Gasteiger charge is -2.24. The second-order valence-electron chi connectivity index (χ2n) is 15.1. The highest BCUT2D eigenvalue weighted by Gasteiger charge is 2.26. The summed E-state index contributed by atoms with van der Waals surface area (Å²) in [5.74, 6) is -0.799. The molecule has 3 aromatic carbocycles. The predicted molar refractivity (Wildman–Crippen MR) is 222 cm³/mol. The minimum atomic E-state index is -0.788. The number of aliphatic carboxylic acids is 1. The van der Waals surface area contributed by atoms with Crippen molar-refractivity contribution < 1.29 is 19.8 Å². The highest BCUT2D eigenvalue weighted by molar-refractivity contribution is 7.13. The van der Waals surface area contributed by atoms with E-state index in [1.165, 1.54) is 11.3 Å². The molecule has 0 aliphatic carbocycles. The molecule has 4 aromatic heterocycles. The molecule has 0 saturated heterocycles. The molecule has 1 amide bonds. The monoisotopic (exact) mass is 764 g/mol. The Morgan fingerprint density at radius 3 is 1.47 bits per heavy atom. The molecule has 7 aromatic rings. The van der Waals surface area contributed by atoms with Crippen LogP contribution in [0.4, 0.5) is 5.13 Å². The topological polar surface area (TPSA) is 153 Å². The molecule has 0 unspecified atom stereocenters. The van der Waals surface area contributed by atoms with Gasteiger partial charge in [-0.3, -0.25) is 23.6 Å². The summed E-state index contributed by atoms with van der Waals surface area (Å²) in [7, 11) is 5.73. The zero-order chi connectivity index (χ0) is 40.7. The number of aryl methyl sites for hydroxylation is 3. The van der Waals surface area contributed by atoms with Crippen LogP contribution in [-0.2, 0) is 47.2 Å². The molecule has 7 rings (SSSR count). The second-order valence-corrected chi connectivity index (χ2v) is 16.0. The molecule has 3 N–H and O–H groups in total. The van der Waals surface area contributed by atoms with Crippen LogP contribution in [0.1, 0.15) is 71.1 Å². The molecule has 0 saturated carbocycles. The zero-order valence-corrected chi connectivity index (χ0v) is 34.0. The fourth-order valence-corrected chi connectivity index (χ4v) is 6.69. The van der Waals surface area contributed by atoms with E-state index >= 15 is 0 Å². The molecule has 290 valence electrons. The van der Waals surface area contributed by atoms with Crippen LogP contribution in [0, 0.1) is 0 Å². The zero-order valence-electron chi connectivity index (χ0n) is 33.2. The maximum Gasteiger partial charge on any atom is 0.304 e. The Hall–Kier alpha value is -5.66. The first-order valence-electron chi connectivity index (χ1n) is 17.7. The maximum atomic E-state index is 12.2. The Labute approximate surface area is 326 Å². The maximum absolute atomic E-state index is 12.2. The number of fused-ring (bicyclic) bond motifs is 3. The van der Waals surface area contributed by atoms with E-state index in [0.717, 1.165) is 49.4 Å². The van der Waals surface area contributed by atoms with Gasteiger partial charge in [0, 0.05) is 60.7 Å². The Morgan fingerprint density at radius 1 is 0.691 bits per heavy atom. The van der Waals surface area contributed by atoms with Crippen molar-refractivity contribution in [3.8, 4) is 0 Å². The van der Waals surface area contributed by atoms with Gasteiger partial charge in [0.25, 0.3) is 0 Å². The van der Waals surface area contributed by atoms with Crippen molar-refractivity contribution in [2.45, 2.75) is 70.8 Å². The highest BCUT2D eigenvalue weighted by atomic mass is 32.1. The summed E-state index contributed by atoms with van der Waals surface area (Å²) >= 11 is 1.42. The number of nitrogens with zero attached hydrogens (tertiary/aromatic N) is 7. The Kier molecular flexibility index (Phi) is 13.2. The van der Waals surface area contributed by atoms with Crippen molar-refractivity contribution in [1.82, 2.24) is 34.3 Å². The van der Waals surface area contributed by atoms with Gasteiger partial charge in [-0.15, -0.1) is 24.5 Å². The molecule has 0 spiro atoms. The first-order chi connectivity index (χ1) is 25.8. The number of carbonyl (C=O) groups excluding carboxylic acids is 1. The average molecular weight is 765 g/mol. The smallest absolute Gasteiger partial charge is 0.304 e. The van der Waals surface area contributed by atoms with Crippen molar-refractivity contribution >= 4 is 61.1 Å². The van der Waals surface area contributed by atoms with Crippen LogP contribution >= 0.6 is 11.3 Å². The number of anilines is 1. The molecule has 0 aliphatic heterocycles. The van der Waals surface area contributed by atoms with Crippen molar-refractivity contribution in [3.63, 3.8) is 0 Å². The summed E-state index contributed by atoms with van der Waals surface area (Å²) < 4.78 is 5.48. The van der Waals surface area contributed by atoms with Crippen molar-refractivity contribution in [3.05, 3.63) is 115 Å². The van der Waals surface area contributed by atoms with E-state index in [1.807, 2.05) is 103 Å². The molecule has 4 heterocycles. The van der Waals surface area contributed by atoms with E-state index < -0.39 is 11.6 Å². The summed E-state index contributed by atoms with van der Waals surface area (Å²) in [6, 6.07) is 18.1. The molecule has 0 atom stereocenters. The minimum Gasteiger partial charge on any atom is -0.481 e. The van der Waals surface area contributed by atoms with Gasteiger partial charge in [0.1, 0.15) is 0 Å². The quantitative estimate of drug-likeness (QED) is 0.131. The molecule has 0 aliphatic rings. The molecule has 13 heteroatoms. The average Bonchev–Trinajstić information content (AvgIpc) is 3.93. The predicted octanol–water partition coefficient (Wildman–Crippen LogP) is 8.26.